The van der Waals surface area contributed by atoms with Crippen molar-refractivity contribution in [2.75, 3.05) is 6.61 Å². The fourth-order valence-electron chi connectivity index (χ4n) is 1.23. The third kappa shape index (κ3) is 1.92. The molecule has 0 radical (unpaired) electrons. The second kappa shape index (κ2) is 4.27. The van der Waals surface area contributed by atoms with Crippen molar-refractivity contribution in [3.05, 3.63) is 35.5 Å². The Hall–Kier alpha value is -1.62. The normalized spacial score (nSPS) is 10.2. The Balaban J connectivity index is 2.34. The lowest BCUT2D eigenvalue weighted by Gasteiger charge is -2.03. The van der Waals surface area contributed by atoms with Crippen molar-refractivity contribution < 1.29 is 9.53 Å². The predicted molar refractivity (Wildman–Crippen MR) is 57.4 cm³/mol. The van der Waals surface area contributed by atoms with Gasteiger partial charge >= 0.3 is 5.97 Å². The van der Waals surface area contributed by atoms with Crippen LogP contribution in [0.3, 0.4) is 0 Å². The molecule has 0 saturated heterocycles. The minimum Gasteiger partial charge on any atom is -0.461 e. The van der Waals surface area contributed by atoms with Crippen molar-refractivity contribution in [3.63, 3.8) is 0 Å². The Morgan fingerprint density at radius 1 is 1.60 bits per heavy atom. The van der Waals surface area contributed by atoms with E-state index in [9.17, 15) is 4.79 Å². The molecule has 2 heterocycles. The van der Waals surface area contributed by atoms with Gasteiger partial charge in [-0.15, -0.1) is 11.3 Å². The van der Waals surface area contributed by atoms with Crippen molar-refractivity contribution in [3.8, 4) is 5.00 Å². The van der Waals surface area contributed by atoms with E-state index in [0.29, 0.717) is 12.3 Å². The maximum Gasteiger partial charge on any atom is 0.357 e. The molecule has 0 saturated carbocycles. The van der Waals surface area contributed by atoms with Crippen molar-refractivity contribution in [1.82, 2.24) is 9.78 Å². The zero-order chi connectivity index (χ0) is 10.7. The van der Waals surface area contributed by atoms with Crippen molar-refractivity contribution in [1.29, 1.82) is 0 Å². The van der Waals surface area contributed by atoms with Crippen LogP contribution in [-0.2, 0) is 4.74 Å². The SMILES string of the molecule is CCOC(=O)c1ccnn1-c1cccs1. The highest BCUT2D eigenvalue weighted by Gasteiger charge is 2.14. The van der Waals surface area contributed by atoms with Gasteiger partial charge in [0.1, 0.15) is 5.00 Å². The van der Waals surface area contributed by atoms with Gasteiger partial charge in [-0.25, -0.2) is 9.48 Å². The number of carbonyl (C=O) groups excluding carboxylic acids is 1. The molecule has 0 aliphatic rings. The van der Waals surface area contributed by atoms with Gasteiger partial charge in [-0.05, 0) is 30.5 Å². The third-order valence-electron chi connectivity index (χ3n) is 1.84. The number of aromatic nitrogens is 2. The van der Waals surface area contributed by atoms with Crippen LogP contribution in [0.15, 0.2) is 29.8 Å². The molecular weight excluding hydrogens is 212 g/mol. The summed E-state index contributed by atoms with van der Waals surface area (Å²) in [7, 11) is 0. The Morgan fingerprint density at radius 2 is 2.47 bits per heavy atom. The largest absolute Gasteiger partial charge is 0.461 e. The molecule has 2 rings (SSSR count). The molecule has 0 amide bonds. The molecule has 0 N–H and O–H groups in total. The maximum atomic E-state index is 11.5. The van der Waals surface area contributed by atoms with E-state index in [-0.39, 0.29) is 5.97 Å². The number of thiophene rings is 1. The van der Waals surface area contributed by atoms with Gasteiger partial charge in [-0.3, -0.25) is 0 Å². The molecule has 78 valence electrons. The fourth-order valence-corrected chi connectivity index (χ4v) is 1.93. The van der Waals surface area contributed by atoms with E-state index < -0.39 is 0 Å². The Morgan fingerprint density at radius 3 is 3.13 bits per heavy atom. The smallest absolute Gasteiger partial charge is 0.357 e. The monoisotopic (exact) mass is 222 g/mol. The first-order valence-corrected chi connectivity index (χ1v) is 5.46. The molecule has 0 aliphatic heterocycles. The van der Waals surface area contributed by atoms with Crippen LogP contribution in [0, 0.1) is 0 Å². The van der Waals surface area contributed by atoms with E-state index in [1.54, 1.807) is 23.9 Å². The van der Waals surface area contributed by atoms with E-state index in [0.717, 1.165) is 5.00 Å². The van der Waals surface area contributed by atoms with Gasteiger partial charge < -0.3 is 4.74 Å². The number of carbonyl (C=O) groups is 1. The summed E-state index contributed by atoms with van der Waals surface area (Å²) in [5.41, 5.74) is 0.458. The molecule has 5 heteroatoms. The Kier molecular flexibility index (Phi) is 2.82. The van der Waals surface area contributed by atoms with Gasteiger partial charge in [0.05, 0.1) is 12.8 Å². The number of hydrogen-bond acceptors (Lipinski definition) is 4. The van der Waals surface area contributed by atoms with E-state index in [4.69, 9.17) is 4.74 Å². The minimum atomic E-state index is -0.344. The summed E-state index contributed by atoms with van der Waals surface area (Å²) in [4.78, 5) is 11.5. The van der Waals surface area contributed by atoms with Crippen molar-refractivity contribution in [2.24, 2.45) is 0 Å². The number of ether oxygens (including phenoxy) is 1. The molecule has 0 spiro atoms. The first-order chi connectivity index (χ1) is 7.33. The van der Waals surface area contributed by atoms with Gasteiger partial charge in [0, 0.05) is 0 Å². The van der Waals surface area contributed by atoms with E-state index in [1.807, 2.05) is 17.5 Å². The zero-order valence-corrected chi connectivity index (χ0v) is 9.03. The predicted octanol–water partition coefficient (Wildman–Crippen LogP) is 2.11. The summed E-state index contributed by atoms with van der Waals surface area (Å²) in [6.07, 6.45) is 1.59. The maximum absolute atomic E-state index is 11.5. The highest BCUT2D eigenvalue weighted by Crippen LogP contribution is 2.16. The van der Waals surface area contributed by atoms with Gasteiger partial charge in [0.25, 0.3) is 0 Å². The van der Waals surface area contributed by atoms with Gasteiger partial charge in [0.2, 0.25) is 0 Å². The van der Waals surface area contributed by atoms with E-state index in [1.165, 1.54) is 11.3 Å². The topological polar surface area (TPSA) is 44.1 Å². The van der Waals surface area contributed by atoms with Gasteiger partial charge in [0.15, 0.2) is 5.69 Å². The number of rotatable bonds is 3. The van der Waals surface area contributed by atoms with E-state index in [2.05, 4.69) is 5.10 Å². The first kappa shape index (κ1) is 9.92. The van der Waals surface area contributed by atoms with Gasteiger partial charge in [-0.1, -0.05) is 0 Å². The van der Waals surface area contributed by atoms with Crippen LogP contribution >= 0.6 is 11.3 Å². The Bertz CT molecular complexity index is 448. The standard InChI is InChI=1S/C10H10N2O2S/c1-2-14-10(13)8-5-6-11-12(8)9-4-3-7-15-9/h3-7H,2H2,1H3. The van der Waals surface area contributed by atoms with Crippen molar-refractivity contribution in [2.45, 2.75) is 6.92 Å². The van der Waals surface area contributed by atoms with E-state index >= 15 is 0 Å². The lowest BCUT2D eigenvalue weighted by Crippen LogP contribution is -2.10. The molecule has 0 bridgehead atoms. The molecule has 2 aromatic rings. The van der Waals surface area contributed by atoms with Crippen LogP contribution in [0.4, 0.5) is 0 Å². The second-order valence-corrected chi connectivity index (χ2v) is 3.73. The lowest BCUT2D eigenvalue weighted by atomic mass is 10.4. The lowest BCUT2D eigenvalue weighted by molar-refractivity contribution is 0.0516. The van der Waals surface area contributed by atoms with Crippen LogP contribution in [-0.4, -0.2) is 22.4 Å². The molecule has 0 fully saturated rings. The summed E-state index contributed by atoms with van der Waals surface area (Å²) < 4.78 is 6.52. The summed E-state index contributed by atoms with van der Waals surface area (Å²) in [6, 6.07) is 5.47. The van der Waals surface area contributed by atoms with Crippen LogP contribution in [0.25, 0.3) is 5.00 Å². The molecule has 4 nitrogen and oxygen atoms in total. The summed E-state index contributed by atoms with van der Waals surface area (Å²) in [5.74, 6) is -0.344. The summed E-state index contributed by atoms with van der Waals surface area (Å²) in [6.45, 7) is 2.15. The molecular formula is C10H10N2O2S. The third-order valence-corrected chi connectivity index (χ3v) is 2.69. The van der Waals surface area contributed by atoms with Crippen LogP contribution in [0.5, 0.6) is 0 Å². The van der Waals surface area contributed by atoms with Crippen LogP contribution < -0.4 is 0 Å². The highest BCUT2D eigenvalue weighted by atomic mass is 32.1. The number of esters is 1. The fraction of sp³-hybridized carbons (Fsp3) is 0.200. The average Bonchev–Trinajstić information content (AvgIpc) is 2.88. The molecule has 0 unspecified atom stereocenters. The molecule has 0 aliphatic carbocycles. The number of nitrogens with zero attached hydrogens (tertiary/aromatic N) is 2. The molecule has 0 aromatic carbocycles. The summed E-state index contributed by atoms with van der Waals surface area (Å²) in [5, 5.41) is 6.93. The first-order valence-electron chi connectivity index (χ1n) is 4.58. The minimum absolute atomic E-state index is 0.344. The zero-order valence-electron chi connectivity index (χ0n) is 8.21. The van der Waals surface area contributed by atoms with Crippen molar-refractivity contribution >= 4 is 17.3 Å². The quantitative estimate of drug-likeness (QED) is 0.747. The second-order valence-electron chi connectivity index (χ2n) is 2.80. The molecule has 0 atom stereocenters. The van der Waals surface area contributed by atoms with Crippen LogP contribution in [0.2, 0.25) is 0 Å². The summed E-state index contributed by atoms with van der Waals surface area (Å²) >= 11 is 1.52. The molecule has 2 aromatic heterocycles. The van der Waals surface area contributed by atoms with Crippen LogP contribution in [0.1, 0.15) is 17.4 Å². The molecule has 15 heavy (non-hydrogen) atoms. The number of hydrogen-bond donors (Lipinski definition) is 0. The highest BCUT2D eigenvalue weighted by molar-refractivity contribution is 7.12. The average molecular weight is 222 g/mol. The Labute approximate surface area is 91.1 Å². The van der Waals surface area contributed by atoms with Gasteiger partial charge in [-0.2, -0.15) is 5.10 Å².